The summed E-state index contributed by atoms with van der Waals surface area (Å²) in [5.74, 6) is -0.265. The minimum absolute atomic E-state index is 0.265. The Morgan fingerprint density at radius 2 is 2.17 bits per heavy atom. The molecule has 1 N–H and O–H groups in total. The van der Waals surface area contributed by atoms with Crippen LogP contribution in [0.2, 0.25) is 0 Å². The Labute approximate surface area is 105 Å². The van der Waals surface area contributed by atoms with Crippen molar-refractivity contribution in [1.29, 1.82) is 0 Å². The standard InChI is InChI=1S/C14H15FN2O/c15-10-4-5-11(13(9-10)17-7-2-8-17)14(18)12-3-1-6-16-12/h1,4-6,9,14,18H,2-3,7-8H2. The van der Waals surface area contributed by atoms with Crippen LogP contribution in [0.15, 0.2) is 35.5 Å². The molecule has 4 heteroatoms. The summed E-state index contributed by atoms with van der Waals surface area (Å²) >= 11 is 0. The van der Waals surface area contributed by atoms with Crippen LogP contribution >= 0.6 is 0 Å². The van der Waals surface area contributed by atoms with Gasteiger partial charge >= 0.3 is 0 Å². The SMILES string of the molecule is OC(C1=NC=CC1)c1ccc(F)cc1N1CCC1. The Kier molecular flexibility index (Phi) is 2.88. The molecule has 0 radical (unpaired) electrons. The first-order valence-corrected chi connectivity index (χ1v) is 6.20. The van der Waals surface area contributed by atoms with E-state index in [-0.39, 0.29) is 5.82 Å². The Morgan fingerprint density at radius 3 is 2.78 bits per heavy atom. The van der Waals surface area contributed by atoms with Gasteiger partial charge in [-0.05, 0) is 18.6 Å². The van der Waals surface area contributed by atoms with Gasteiger partial charge in [0, 0.05) is 37.0 Å². The third kappa shape index (κ3) is 1.93. The van der Waals surface area contributed by atoms with Crippen LogP contribution in [0.1, 0.15) is 24.5 Å². The van der Waals surface area contributed by atoms with Gasteiger partial charge in [-0.25, -0.2) is 4.39 Å². The molecule has 18 heavy (non-hydrogen) atoms. The van der Waals surface area contributed by atoms with Gasteiger partial charge in [-0.2, -0.15) is 0 Å². The number of aliphatic hydroxyl groups excluding tert-OH is 1. The van der Waals surface area contributed by atoms with Crippen molar-refractivity contribution in [3.8, 4) is 0 Å². The molecule has 0 spiro atoms. The van der Waals surface area contributed by atoms with E-state index in [1.807, 2.05) is 6.08 Å². The first kappa shape index (κ1) is 11.4. The molecule has 1 fully saturated rings. The predicted molar refractivity (Wildman–Crippen MR) is 69.4 cm³/mol. The van der Waals surface area contributed by atoms with E-state index < -0.39 is 6.10 Å². The van der Waals surface area contributed by atoms with Gasteiger partial charge in [-0.3, -0.25) is 4.99 Å². The zero-order valence-corrected chi connectivity index (χ0v) is 10.0. The fraction of sp³-hybridized carbons (Fsp3) is 0.357. The van der Waals surface area contributed by atoms with Gasteiger partial charge in [0.05, 0.1) is 5.71 Å². The summed E-state index contributed by atoms with van der Waals surface area (Å²) in [7, 11) is 0. The van der Waals surface area contributed by atoms with Crippen molar-refractivity contribution in [3.05, 3.63) is 41.9 Å². The number of hydrogen-bond acceptors (Lipinski definition) is 3. The zero-order chi connectivity index (χ0) is 12.5. The van der Waals surface area contributed by atoms with Crippen LogP contribution in [0, 0.1) is 5.82 Å². The van der Waals surface area contributed by atoms with E-state index in [1.165, 1.54) is 12.1 Å². The molecule has 0 aliphatic carbocycles. The highest BCUT2D eigenvalue weighted by Crippen LogP contribution is 2.32. The summed E-state index contributed by atoms with van der Waals surface area (Å²) in [5, 5.41) is 10.3. The normalized spacial score (nSPS) is 19.7. The topological polar surface area (TPSA) is 35.8 Å². The Morgan fingerprint density at radius 1 is 1.33 bits per heavy atom. The third-order valence-electron chi connectivity index (χ3n) is 3.47. The summed E-state index contributed by atoms with van der Waals surface area (Å²) in [6, 6.07) is 4.56. The van der Waals surface area contributed by atoms with Gasteiger partial charge < -0.3 is 10.0 Å². The number of rotatable bonds is 3. The average molecular weight is 246 g/mol. The molecule has 2 aliphatic heterocycles. The monoisotopic (exact) mass is 246 g/mol. The average Bonchev–Trinajstić information content (AvgIpc) is 2.79. The van der Waals surface area contributed by atoms with Gasteiger partial charge in [0.25, 0.3) is 0 Å². The molecular weight excluding hydrogens is 231 g/mol. The van der Waals surface area contributed by atoms with Gasteiger partial charge in [-0.1, -0.05) is 12.1 Å². The van der Waals surface area contributed by atoms with Crippen LogP contribution in [0.25, 0.3) is 0 Å². The quantitative estimate of drug-likeness (QED) is 0.889. The second kappa shape index (κ2) is 4.53. The van der Waals surface area contributed by atoms with E-state index in [4.69, 9.17) is 0 Å². The van der Waals surface area contributed by atoms with Crippen LogP contribution in [-0.2, 0) is 0 Å². The lowest BCUT2D eigenvalue weighted by atomic mass is 9.99. The lowest BCUT2D eigenvalue weighted by Crippen LogP contribution is -2.38. The molecule has 3 nitrogen and oxygen atoms in total. The van der Waals surface area contributed by atoms with Crippen LogP contribution in [0.3, 0.4) is 0 Å². The molecule has 2 aliphatic rings. The highest BCUT2D eigenvalue weighted by Gasteiger charge is 2.24. The maximum Gasteiger partial charge on any atom is 0.125 e. The molecule has 0 amide bonds. The summed E-state index contributed by atoms with van der Waals surface area (Å²) in [6.45, 7) is 1.85. The number of anilines is 1. The lowest BCUT2D eigenvalue weighted by Gasteiger charge is -2.35. The molecular formula is C14H15FN2O. The summed E-state index contributed by atoms with van der Waals surface area (Å²) in [5.41, 5.74) is 2.27. The van der Waals surface area contributed by atoms with Gasteiger partial charge in [-0.15, -0.1) is 0 Å². The molecule has 2 heterocycles. The van der Waals surface area contributed by atoms with Crippen LogP contribution in [0.4, 0.5) is 10.1 Å². The Hall–Kier alpha value is -1.68. The fourth-order valence-electron chi connectivity index (χ4n) is 2.32. The van der Waals surface area contributed by atoms with E-state index in [2.05, 4.69) is 9.89 Å². The number of benzene rings is 1. The molecule has 3 rings (SSSR count). The lowest BCUT2D eigenvalue weighted by molar-refractivity contribution is 0.246. The van der Waals surface area contributed by atoms with Crippen molar-refractivity contribution in [2.24, 2.45) is 4.99 Å². The van der Waals surface area contributed by atoms with Crippen molar-refractivity contribution in [2.75, 3.05) is 18.0 Å². The smallest absolute Gasteiger partial charge is 0.125 e. The van der Waals surface area contributed by atoms with Crippen molar-refractivity contribution in [3.63, 3.8) is 0 Å². The van der Waals surface area contributed by atoms with Crippen molar-refractivity contribution >= 4 is 11.4 Å². The van der Waals surface area contributed by atoms with Crippen LogP contribution in [0.5, 0.6) is 0 Å². The first-order valence-electron chi connectivity index (χ1n) is 6.20. The molecule has 94 valence electrons. The van der Waals surface area contributed by atoms with Crippen molar-refractivity contribution < 1.29 is 9.50 Å². The highest BCUT2D eigenvalue weighted by atomic mass is 19.1. The Bertz CT molecular complexity index is 521. The maximum atomic E-state index is 13.4. The second-order valence-corrected chi connectivity index (χ2v) is 4.66. The number of hydrogen-bond donors (Lipinski definition) is 1. The van der Waals surface area contributed by atoms with E-state index in [0.717, 1.165) is 36.5 Å². The summed E-state index contributed by atoms with van der Waals surface area (Å²) in [4.78, 5) is 6.24. The van der Waals surface area contributed by atoms with Gasteiger partial charge in [0.15, 0.2) is 0 Å². The third-order valence-corrected chi connectivity index (χ3v) is 3.47. The molecule has 1 aromatic rings. The van der Waals surface area contributed by atoms with E-state index in [0.29, 0.717) is 6.42 Å². The van der Waals surface area contributed by atoms with Crippen molar-refractivity contribution in [2.45, 2.75) is 18.9 Å². The molecule has 0 saturated carbocycles. The summed E-state index contributed by atoms with van der Waals surface area (Å²) in [6.07, 6.45) is 4.65. The molecule has 0 aromatic heterocycles. The highest BCUT2D eigenvalue weighted by molar-refractivity contribution is 5.93. The molecule has 1 aromatic carbocycles. The van der Waals surface area contributed by atoms with Crippen molar-refractivity contribution in [1.82, 2.24) is 0 Å². The number of allylic oxidation sites excluding steroid dienone is 1. The number of aliphatic hydroxyl groups is 1. The molecule has 0 bridgehead atoms. The Balaban J connectivity index is 1.94. The van der Waals surface area contributed by atoms with Crippen LogP contribution < -0.4 is 4.90 Å². The predicted octanol–water partition coefficient (Wildman–Crippen LogP) is 2.43. The number of nitrogens with zero attached hydrogens (tertiary/aromatic N) is 2. The van der Waals surface area contributed by atoms with E-state index in [1.54, 1.807) is 12.3 Å². The van der Waals surface area contributed by atoms with E-state index in [9.17, 15) is 9.50 Å². The number of aliphatic imine (C=N–C) groups is 1. The van der Waals surface area contributed by atoms with Crippen LogP contribution in [-0.4, -0.2) is 23.9 Å². The molecule has 1 unspecified atom stereocenters. The van der Waals surface area contributed by atoms with Gasteiger partial charge in [0.1, 0.15) is 11.9 Å². The minimum atomic E-state index is -0.740. The largest absolute Gasteiger partial charge is 0.382 e. The van der Waals surface area contributed by atoms with E-state index >= 15 is 0 Å². The zero-order valence-electron chi connectivity index (χ0n) is 10.0. The molecule has 1 saturated heterocycles. The summed E-state index contributed by atoms with van der Waals surface area (Å²) < 4.78 is 13.4. The van der Waals surface area contributed by atoms with Gasteiger partial charge in [0.2, 0.25) is 0 Å². The fourth-order valence-corrected chi connectivity index (χ4v) is 2.32. The number of halogens is 1. The maximum absolute atomic E-state index is 13.4. The minimum Gasteiger partial charge on any atom is -0.382 e. The first-order chi connectivity index (χ1) is 8.75. The second-order valence-electron chi connectivity index (χ2n) is 4.66. The molecule has 1 atom stereocenters.